The highest BCUT2D eigenvalue weighted by Gasteiger charge is 2.32. The van der Waals surface area contributed by atoms with Crippen molar-refractivity contribution in [1.82, 2.24) is 4.90 Å². The van der Waals surface area contributed by atoms with Gasteiger partial charge in [0.15, 0.2) is 11.5 Å². The minimum Gasteiger partial charge on any atom is -0.493 e. The van der Waals surface area contributed by atoms with Crippen LogP contribution in [0.15, 0.2) is 55.1 Å². The van der Waals surface area contributed by atoms with Crippen molar-refractivity contribution in [1.29, 1.82) is 0 Å². The van der Waals surface area contributed by atoms with Gasteiger partial charge in [-0.25, -0.2) is 0 Å². The molecule has 2 aromatic carbocycles. The van der Waals surface area contributed by atoms with Crippen molar-refractivity contribution in [2.75, 3.05) is 25.6 Å². The molecule has 136 valence electrons. The molecule has 0 bridgehead atoms. The van der Waals surface area contributed by atoms with E-state index in [1.807, 2.05) is 47.4 Å². The predicted molar refractivity (Wildman–Crippen MR) is 103 cm³/mol. The van der Waals surface area contributed by atoms with Crippen LogP contribution in [0, 0.1) is 0 Å². The third-order valence-corrected chi connectivity index (χ3v) is 4.35. The number of benzene rings is 2. The normalized spacial score (nSPS) is 15.8. The van der Waals surface area contributed by atoms with Gasteiger partial charge in [0.05, 0.1) is 12.7 Å². The maximum absolute atomic E-state index is 13.0. The average Bonchev–Trinajstić information content (AvgIpc) is 2.68. The summed E-state index contributed by atoms with van der Waals surface area (Å²) in [4.78, 5) is 14.8. The fourth-order valence-corrected chi connectivity index (χ4v) is 3.15. The molecule has 5 nitrogen and oxygen atoms in total. The minimum absolute atomic E-state index is 0.0390. The van der Waals surface area contributed by atoms with Gasteiger partial charge in [-0.3, -0.25) is 4.79 Å². The Morgan fingerprint density at radius 3 is 2.77 bits per heavy atom. The molecule has 5 heteroatoms. The van der Waals surface area contributed by atoms with Gasteiger partial charge < -0.3 is 19.7 Å². The number of nitrogens with zero attached hydrogens (tertiary/aromatic N) is 1. The van der Waals surface area contributed by atoms with Gasteiger partial charge in [-0.15, -0.1) is 0 Å². The molecule has 0 aliphatic carbocycles. The number of carbonyl (C=O) groups excluding carboxylic acids is 1. The van der Waals surface area contributed by atoms with E-state index in [1.165, 1.54) is 0 Å². The summed E-state index contributed by atoms with van der Waals surface area (Å²) in [5.41, 5.74) is 2.50. The van der Waals surface area contributed by atoms with Gasteiger partial charge in [0.2, 0.25) is 0 Å². The summed E-state index contributed by atoms with van der Waals surface area (Å²) in [6.45, 7) is 6.81. The molecule has 0 radical (unpaired) electrons. The molecule has 0 aromatic heterocycles. The fraction of sp³-hybridized carbons (Fsp3) is 0.286. The van der Waals surface area contributed by atoms with E-state index < -0.39 is 0 Å². The first kappa shape index (κ1) is 17.9. The quantitative estimate of drug-likeness (QED) is 0.758. The van der Waals surface area contributed by atoms with Gasteiger partial charge in [-0.1, -0.05) is 37.8 Å². The predicted octanol–water partition coefficient (Wildman–Crippen LogP) is 4.24. The SMILES string of the molecule is C=CCOc1ccc([C@H]2Nc3ccccc3C(=O)N2CCC)cc1OC. The number of carbonyl (C=O) groups is 1. The number of ether oxygens (including phenoxy) is 2. The van der Waals surface area contributed by atoms with Crippen molar-refractivity contribution in [3.63, 3.8) is 0 Å². The van der Waals surface area contributed by atoms with E-state index in [0.29, 0.717) is 30.2 Å². The Labute approximate surface area is 154 Å². The number of anilines is 1. The Bertz CT molecular complexity index is 804. The molecule has 1 heterocycles. The van der Waals surface area contributed by atoms with E-state index in [9.17, 15) is 4.79 Å². The van der Waals surface area contributed by atoms with E-state index in [0.717, 1.165) is 17.7 Å². The average molecular weight is 352 g/mol. The number of methoxy groups -OCH3 is 1. The molecule has 1 atom stereocenters. The number of amides is 1. The molecule has 26 heavy (non-hydrogen) atoms. The van der Waals surface area contributed by atoms with Crippen LogP contribution in [0.4, 0.5) is 5.69 Å². The third kappa shape index (κ3) is 3.38. The van der Waals surface area contributed by atoms with E-state index in [1.54, 1.807) is 13.2 Å². The summed E-state index contributed by atoms with van der Waals surface area (Å²) < 4.78 is 11.1. The second kappa shape index (κ2) is 7.95. The Kier molecular flexibility index (Phi) is 5.46. The maximum Gasteiger partial charge on any atom is 0.257 e. The summed E-state index contributed by atoms with van der Waals surface area (Å²) in [5.74, 6) is 1.33. The first-order valence-corrected chi connectivity index (χ1v) is 8.77. The number of hydrogen-bond acceptors (Lipinski definition) is 4. The lowest BCUT2D eigenvalue weighted by Crippen LogP contribution is -2.43. The monoisotopic (exact) mass is 352 g/mol. The van der Waals surface area contributed by atoms with Crippen LogP contribution in [0.5, 0.6) is 11.5 Å². The van der Waals surface area contributed by atoms with Gasteiger partial charge in [-0.05, 0) is 36.2 Å². The molecule has 0 unspecified atom stereocenters. The molecule has 1 amide bonds. The zero-order valence-corrected chi connectivity index (χ0v) is 15.2. The van der Waals surface area contributed by atoms with Crippen molar-refractivity contribution in [2.24, 2.45) is 0 Å². The zero-order valence-electron chi connectivity index (χ0n) is 15.2. The molecular weight excluding hydrogens is 328 g/mol. The first-order valence-electron chi connectivity index (χ1n) is 8.77. The van der Waals surface area contributed by atoms with E-state index in [4.69, 9.17) is 9.47 Å². The van der Waals surface area contributed by atoms with E-state index in [-0.39, 0.29) is 12.1 Å². The number of rotatable bonds is 7. The van der Waals surface area contributed by atoms with Crippen molar-refractivity contribution >= 4 is 11.6 Å². The van der Waals surface area contributed by atoms with Crippen LogP contribution in [-0.4, -0.2) is 31.1 Å². The second-order valence-corrected chi connectivity index (χ2v) is 6.10. The minimum atomic E-state index is -0.250. The summed E-state index contributed by atoms with van der Waals surface area (Å²) in [7, 11) is 1.61. The van der Waals surface area contributed by atoms with Gasteiger partial charge in [0.25, 0.3) is 5.91 Å². The van der Waals surface area contributed by atoms with Crippen LogP contribution in [0.2, 0.25) is 0 Å². The zero-order chi connectivity index (χ0) is 18.5. The van der Waals surface area contributed by atoms with Gasteiger partial charge in [0.1, 0.15) is 12.8 Å². The molecule has 0 saturated carbocycles. The Morgan fingerprint density at radius 2 is 2.04 bits per heavy atom. The first-order chi connectivity index (χ1) is 12.7. The number of nitrogens with one attached hydrogen (secondary N) is 1. The molecule has 0 fully saturated rings. The van der Waals surface area contributed by atoms with Crippen molar-refractivity contribution in [2.45, 2.75) is 19.5 Å². The topological polar surface area (TPSA) is 50.8 Å². The Hall–Kier alpha value is -2.95. The Balaban J connectivity index is 1.98. The highest BCUT2D eigenvalue weighted by Crippen LogP contribution is 2.36. The fourth-order valence-electron chi connectivity index (χ4n) is 3.15. The lowest BCUT2D eigenvalue weighted by atomic mass is 10.0. The molecule has 1 aliphatic heterocycles. The lowest BCUT2D eigenvalue weighted by Gasteiger charge is -2.38. The van der Waals surface area contributed by atoms with Crippen molar-refractivity contribution < 1.29 is 14.3 Å². The molecule has 1 N–H and O–H groups in total. The summed E-state index contributed by atoms with van der Waals surface area (Å²) in [6, 6.07) is 13.4. The smallest absolute Gasteiger partial charge is 0.257 e. The molecular formula is C21H24N2O3. The molecule has 3 rings (SSSR count). The van der Waals surface area contributed by atoms with Gasteiger partial charge >= 0.3 is 0 Å². The van der Waals surface area contributed by atoms with Crippen LogP contribution in [0.3, 0.4) is 0 Å². The summed E-state index contributed by atoms with van der Waals surface area (Å²) in [6.07, 6.45) is 2.32. The van der Waals surface area contributed by atoms with Gasteiger partial charge in [0, 0.05) is 12.2 Å². The Morgan fingerprint density at radius 1 is 1.23 bits per heavy atom. The molecule has 2 aromatic rings. The maximum atomic E-state index is 13.0. The van der Waals surface area contributed by atoms with Crippen molar-refractivity contribution in [3.05, 3.63) is 66.2 Å². The highest BCUT2D eigenvalue weighted by molar-refractivity contribution is 6.01. The number of fused-ring (bicyclic) bond motifs is 1. The van der Waals surface area contributed by atoms with Crippen LogP contribution >= 0.6 is 0 Å². The summed E-state index contributed by atoms with van der Waals surface area (Å²) in [5, 5.41) is 3.49. The van der Waals surface area contributed by atoms with Crippen LogP contribution in [0.1, 0.15) is 35.4 Å². The molecule has 1 aliphatic rings. The molecule has 0 spiro atoms. The lowest BCUT2D eigenvalue weighted by molar-refractivity contribution is 0.0683. The molecule has 0 saturated heterocycles. The van der Waals surface area contributed by atoms with Crippen LogP contribution in [-0.2, 0) is 0 Å². The van der Waals surface area contributed by atoms with Crippen molar-refractivity contribution in [3.8, 4) is 11.5 Å². The second-order valence-electron chi connectivity index (χ2n) is 6.10. The van der Waals surface area contributed by atoms with Gasteiger partial charge in [-0.2, -0.15) is 0 Å². The van der Waals surface area contributed by atoms with E-state index in [2.05, 4.69) is 18.8 Å². The van der Waals surface area contributed by atoms with Crippen LogP contribution in [0.25, 0.3) is 0 Å². The number of para-hydroxylation sites is 1. The summed E-state index contributed by atoms with van der Waals surface area (Å²) >= 11 is 0. The standard InChI is InChI=1S/C21H24N2O3/c1-4-12-23-20(22-17-9-7-6-8-16(17)21(23)24)15-10-11-18(26-13-5-2)19(14-15)25-3/h5-11,14,20,22H,2,4,12-13H2,1,3H3/t20-/m0/s1. The van der Waals surface area contributed by atoms with Crippen LogP contribution < -0.4 is 14.8 Å². The third-order valence-electron chi connectivity index (χ3n) is 4.35. The number of hydrogen-bond donors (Lipinski definition) is 1. The largest absolute Gasteiger partial charge is 0.493 e. The highest BCUT2D eigenvalue weighted by atomic mass is 16.5. The van der Waals surface area contributed by atoms with E-state index >= 15 is 0 Å².